The van der Waals surface area contributed by atoms with Gasteiger partial charge in [0.1, 0.15) is 18.0 Å². The van der Waals surface area contributed by atoms with Crippen molar-refractivity contribution >= 4 is 6.09 Å². The number of rotatable bonds is 6. The van der Waals surface area contributed by atoms with Gasteiger partial charge in [0, 0.05) is 16.9 Å². The van der Waals surface area contributed by atoms with E-state index in [4.69, 9.17) is 15.2 Å². The van der Waals surface area contributed by atoms with E-state index in [1.165, 1.54) is 12.1 Å². The van der Waals surface area contributed by atoms with E-state index in [2.05, 4.69) is 0 Å². The van der Waals surface area contributed by atoms with Crippen LogP contribution in [0.4, 0.5) is 18.0 Å². The Kier molecular flexibility index (Phi) is 6.30. The third-order valence-corrected chi connectivity index (χ3v) is 6.63. The molecule has 4 nitrogen and oxygen atoms in total. The highest BCUT2D eigenvalue weighted by Gasteiger charge is 2.65. The largest absolute Gasteiger partial charge is 0.488 e. The van der Waals surface area contributed by atoms with Crippen LogP contribution in [0, 0.1) is 5.41 Å². The molecule has 1 saturated carbocycles. The van der Waals surface area contributed by atoms with Crippen molar-refractivity contribution < 1.29 is 27.4 Å². The first-order chi connectivity index (χ1) is 16.4. The van der Waals surface area contributed by atoms with Gasteiger partial charge < -0.3 is 15.2 Å². The summed E-state index contributed by atoms with van der Waals surface area (Å²) in [6.45, 7) is 6.28. The summed E-state index contributed by atoms with van der Waals surface area (Å²) in [5.41, 5.74) is 6.69. The second-order valence-electron chi connectivity index (χ2n) is 9.92. The SMILES string of the molecule is CC(C)(C)[C@@]1(OC(N)=O)C[C@H]1c1ccc(OCc2ccccc2)c(-c2ccc(C(F)(F)F)cc2)c1. The maximum Gasteiger partial charge on any atom is 0.416 e. The Hall–Kier alpha value is -3.48. The molecule has 0 bridgehead atoms. The van der Waals surface area contributed by atoms with E-state index in [9.17, 15) is 18.0 Å². The molecule has 1 aliphatic rings. The van der Waals surface area contributed by atoms with E-state index < -0.39 is 23.4 Å². The maximum atomic E-state index is 13.1. The van der Waals surface area contributed by atoms with E-state index >= 15 is 0 Å². The van der Waals surface area contributed by atoms with Crippen LogP contribution < -0.4 is 10.5 Å². The Morgan fingerprint density at radius 3 is 2.23 bits per heavy atom. The Bertz CT molecular complexity index is 1200. The minimum atomic E-state index is -4.42. The first kappa shape index (κ1) is 24.6. The Labute approximate surface area is 202 Å². The molecule has 0 unspecified atom stereocenters. The number of alkyl halides is 3. The van der Waals surface area contributed by atoms with Gasteiger partial charge in [-0.05, 0) is 47.4 Å². The topological polar surface area (TPSA) is 61.5 Å². The summed E-state index contributed by atoms with van der Waals surface area (Å²) in [4.78, 5) is 11.6. The first-order valence-corrected chi connectivity index (χ1v) is 11.4. The molecule has 3 aromatic rings. The van der Waals surface area contributed by atoms with Crippen molar-refractivity contribution in [1.82, 2.24) is 0 Å². The normalized spacial score (nSPS) is 19.8. The van der Waals surface area contributed by atoms with Crippen molar-refractivity contribution in [2.75, 3.05) is 0 Å². The highest BCUT2D eigenvalue weighted by Crippen LogP contribution is 2.63. The average molecular weight is 484 g/mol. The van der Waals surface area contributed by atoms with Crippen LogP contribution in [-0.2, 0) is 17.5 Å². The maximum absolute atomic E-state index is 13.1. The minimum Gasteiger partial charge on any atom is -0.488 e. The van der Waals surface area contributed by atoms with Crippen LogP contribution in [0.15, 0.2) is 72.8 Å². The number of hydrogen-bond acceptors (Lipinski definition) is 3. The number of carbonyl (C=O) groups excluding carboxylic acids is 1. The van der Waals surface area contributed by atoms with Gasteiger partial charge in [-0.25, -0.2) is 4.79 Å². The summed E-state index contributed by atoms with van der Waals surface area (Å²) < 4.78 is 51.0. The van der Waals surface area contributed by atoms with Gasteiger partial charge in [-0.1, -0.05) is 69.3 Å². The summed E-state index contributed by atoms with van der Waals surface area (Å²) in [6, 6.07) is 20.3. The van der Waals surface area contributed by atoms with Crippen LogP contribution in [-0.4, -0.2) is 11.7 Å². The number of carbonyl (C=O) groups is 1. The van der Waals surface area contributed by atoms with Crippen LogP contribution in [0.5, 0.6) is 5.75 Å². The molecule has 7 heteroatoms. The van der Waals surface area contributed by atoms with Gasteiger partial charge in [-0.2, -0.15) is 13.2 Å². The van der Waals surface area contributed by atoms with Gasteiger partial charge in [0.15, 0.2) is 0 Å². The summed E-state index contributed by atoms with van der Waals surface area (Å²) in [7, 11) is 0. The molecule has 0 aliphatic heterocycles. The predicted octanol–water partition coefficient (Wildman–Crippen LogP) is 7.32. The zero-order valence-corrected chi connectivity index (χ0v) is 19.9. The molecule has 0 heterocycles. The summed E-state index contributed by atoms with van der Waals surface area (Å²) in [6.07, 6.45) is -4.64. The van der Waals surface area contributed by atoms with Crippen LogP contribution in [0.25, 0.3) is 11.1 Å². The van der Waals surface area contributed by atoms with E-state index in [1.807, 2.05) is 69.3 Å². The highest BCUT2D eigenvalue weighted by molar-refractivity contribution is 5.72. The molecule has 4 rings (SSSR count). The summed E-state index contributed by atoms with van der Waals surface area (Å²) in [5.74, 6) is 0.460. The molecule has 3 aromatic carbocycles. The number of ether oxygens (including phenoxy) is 2. The van der Waals surface area contributed by atoms with E-state index in [1.54, 1.807) is 0 Å². The Balaban J connectivity index is 1.71. The van der Waals surface area contributed by atoms with Crippen LogP contribution in [0.3, 0.4) is 0 Å². The van der Waals surface area contributed by atoms with Crippen LogP contribution in [0.2, 0.25) is 0 Å². The van der Waals surface area contributed by atoms with Gasteiger partial charge in [-0.15, -0.1) is 0 Å². The molecule has 184 valence electrons. The second kappa shape index (κ2) is 8.95. The third-order valence-electron chi connectivity index (χ3n) is 6.63. The molecule has 0 aromatic heterocycles. The molecule has 2 atom stereocenters. The van der Waals surface area contributed by atoms with Crippen molar-refractivity contribution in [2.24, 2.45) is 11.1 Å². The molecule has 2 N–H and O–H groups in total. The average Bonchev–Trinajstić information content (AvgIpc) is 3.53. The number of nitrogens with two attached hydrogens (primary N) is 1. The van der Waals surface area contributed by atoms with E-state index in [0.717, 1.165) is 23.3 Å². The van der Waals surface area contributed by atoms with Gasteiger partial charge in [0.05, 0.1) is 5.56 Å². The van der Waals surface area contributed by atoms with Crippen molar-refractivity contribution in [3.63, 3.8) is 0 Å². The van der Waals surface area contributed by atoms with Gasteiger partial charge in [0.25, 0.3) is 0 Å². The molecular formula is C28H28F3NO3. The first-order valence-electron chi connectivity index (χ1n) is 11.4. The molecule has 0 spiro atoms. The molecule has 35 heavy (non-hydrogen) atoms. The number of amides is 1. The van der Waals surface area contributed by atoms with Crippen LogP contribution >= 0.6 is 0 Å². The van der Waals surface area contributed by atoms with Crippen molar-refractivity contribution in [1.29, 1.82) is 0 Å². The van der Waals surface area contributed by atoms with Crippen LogP contribution in [0.1, 0.15) is 49.8 Å². The standard InChI is InChI=1S/C28H28F3NO3/c1-26(2,3)27(35-25(32)33)16-23(27)20-11-14-24(34-17-18-7-5-4-6-8-18)22(15-20)19-9-12-21(13-10-19)28(29,30)31/h4-15,23H,16-17H2,1-3H3,(H2,32,33)/t23-,27+/m0/s1. The monoisotopic (exact) mass is 483 g/mol. The predicted molar refractivity (Wildman–Crippen MR) is 128 cm³/mol. The molecule has 1 aliphatic carbocycles. The fourth-order valence-electron chi connectivity index (χ4n) is 4.60. The Morgan fingerprint density at radius 1 is 1.00 bits per heavy atom. The minimum absolute atomic E-state index is 0.0913. The molecule has 0 saturated heterocycles. The lowest BCUT2D eigenvalue weighted by atomic mass is 9.83. The summed E-state index contributed by atoms with van der Waals surface area (Å²) in [5, 5.41) is 0. The van der Waals surface area contributed by atoms with E-state index in [0.29, 0.717) is 29.9 Å². The number of primary amides is 1. The number of benzene rings is 3. The molecule has 1 amide bonds. The number of hydrogen-bond donors (Lipinski definition) is 1. The Morgan fingerprint density at radius 2 is 1.66 bits per heavy atom. The summed E-state index contributed by atoms with van der Waals surface area (Å²) >= 11 is 0. The fourth-order valence-corrected chi connectivity index (χ4v) is 4.60. The molecule has 1 fully saturated rings. The van der Waals surface area contributed by atoms with Gasteiger partial charge >= 0.3 is 12.3 Å². The zero-order chi connectivity index (χ0) is 25.4. The van der Waals surface area contributed by atoms with Crippen molar-refractivity contribution in [2.45, 2.75) is 51.5 Å². The lowest BCUT2D eigenvalue weighted by Crippen LogP contribution is -2.37. The third kappa shape index (κ3) is 5.14. The number of halogens is 3. The van der Waals surface area contributed by atoms with Gasteiger partial charge in [-0.3, -0.25) is 0 Å². The van der Waals surface area contributed by atoms with Crippen molar-refractivity contribution in [3.05, 3.63) is 89.5 Å². The fraction of sp³-hybridized carbons (Fsp3) is 0.321. The van der Waals surface area contributed by atoms with E-state index in [-0.39, 0.29) is 11.3 Å². The second-order valence-corrected chi connectivity index (χ2v) is 9.92. The van der Waals surface area contributed by atoms with Gasteiger partial charge in [0.2, 0.25) is 0 Å². The highest BCUT2D eigenvalue weighted by atomic mass is 19.4. The molecular weight excluding hydrogens is 455 g/mol. The smallest absolute Gasteiger partial charge is 0.416 e. The quantitative estimate of drug-likeness (QED) is 0.400. The zero-order valence-electron chi connectivity index (χ0n) is 19.9. The van der Waals surface area contributed by atoms with Crippen molar-refractivity contribution in [3.8, 4) is 16.9 Å². The lowest BCUT2D eigenvalue weighted by Gasteiger charge is -2.31. The lowest BCUT2D eigenvalue weighted by molar-refractivity contribution is -0.137. The molecule has 0 radical (unpaired) electrons.